The molecule has 2 atom stereocenters. The molecule has 0 bridgehead atoms. The number of cyclic esters (lactones) is 1. The summed E-state index contributed by atoms with van der Waals surface area (Å²) in [5.74, 6) is -3.67. The first kappa shape index (κ1) is 12.6. The first-order valence-electron chi connectivity index (χ1n) is 3.16. The van der Waals surface area contributed by atoms with Crippen molar-refractivity contribution in [2.24, 2.45) is 0 Å². The molecule has 1 fully saturated rings. The van der Waals surface area contributed by atoms with E-state index in [1.54, 1.807) is 0 Å². The van der Waals surface area contributed by atoms with E-state index >= 15 is 0 Å². The zero-order valence-electron chi connectivity index (χ0n) is 6.60. The van der Waals surface area contributed by atoms with E-state index in [0.29, 0.717) is 0 Å². The quantitative estimate of drug-likeness (QED) is 0.287. The predicted molar refractivity (Wildman–Crippen MR) is 42.9 cm³/mol. The predicted octanol–water partition coefficient (Wildman–Crippen LogP) is -3.78. The molecule has 0 amide bonds. The van der Waals surface area contributed by atoms with Crippen molar-refractivity contribution in [2.75, 3.05) is 6.61 Å². The molecule has 1 aliphatic rings. The SMILES string of the molecule is O=C1O[C@H]([C@@H](O)CO)C(=O)C1=O.[BiH3]. The van der Waals surface area contributed by atoms with Gasteiger partial charge in [0.2, 0.25) is 0 Å². The van der Waals surface area contributed by atoms with Gasteiger partial charge in [0, 0.05) is 0 Å². The summed E-state index contributed by atoms with van der Waals surface area (Å²) >= 11 is 0. The van der Waals surface area contributed by atoms with Crippen LogP contribution >= 0.6 is 0 Å². The Morgan fingerprint density at radius 1 is 1.38 bits per heavy atom. The van der Waals surface area contributed by atoms with Crippen LogP contribution in [0.3, 0.4) is 0 Å². The minimum absolute atomic E-state index is 0. The summed E-state index contributed by atoms with van der Waals surface area (Å²) in [6, 6.07) is 0. The number of ether oxygens (including phenoxy) is 1. The summed E-state index contributed by atoms with van der Waals surface area (Å²) in [6.07, 6.45) is -3.05. The molecule has 1 heterocycles. The van der Waals surface area contributed by atoms with Gasteiger partial charge in [-0.1, -0.05) is 0 Å². The number of carbonyl (C=O) groups excluding carboxylic acids is 3. The number of carbonyl (C=O) groups is 3. The second-order valence-electron chi connectivity index (χ2n) is 2.27. The Morgan fingerprint density at radius 3 is 2.23 bits per heavy atom. The van der Waals surface area contributed by atoms with Crippen molar-refractivity contribution in [3.8, 4) is 0 Å². The first-order valence-corrected chi connectivity index (χ1v) is 3.16. The molecule has 0 radical (unpaired) electrons. The van der Waals surface area contributed by atoms with Gasteiger partial charge in [-0.15, -0.1) is 0 Å². The molecule has 0 aromatic rings. The third-order valence-corrected chi connectivity index (χ3v) is 1.44. The Kier molecular flexibility index (Phi) is 4.60. The number of rotatable bonds is 2. The summed E-state index contributed by atoms with van der Waals surface area (Å²) in [5, 5.41) is 17.2. The van der Waals surface area contributed by atoms with Crippen LogP contribution in [0.25, 0.3) is 0 Å². The molecule has 1 rings (SSSR count). The van der Waals surface area contributed by atoms with Crippen LogP contribution in [0, 0.1) is 0 Å². The monoisotopic (exact) mass is 386 g/mol. The van der Waals surface area contributed by atoms with Crippen molar-refractivity contribution in [1.29, 1.82) is 0 Å². The Morgan fingerprint density at radius 2 is 1.92 bits per heavy atom. The normalized spacial score (nSPS) is 23.8. The number of hydrogen-bond donors (Lipinski definition) is 2. The molecule has 0 saturated carbocycles. The average Bonchev–Trinajstić information content (AvgIpc) is 2.32. The van der Waals surface area contributed by atoms with Gasteiger partial charge in [-0.25, -0.2) is 4.79 Å². The van der Waals surface area contributed by atoms with Gasteiger partial charge < -0.3 is 14.9 Å². The van der Waals surface area contributed by atoms with E-state index in [1.807, 2.05) is 0 Å². The van der Waals surface area contributed by atoms with Crippen molar-refractivity contribution >= 4 is 43.7 Å². The van der Waals surface area contributed by atoms with Crippen LogP contribution in [0.4, 0.5) is 0 Å². The molecule has 0 aromatic heterocycles. The molecule has 0 aliphatic carbocycles. The maximum absolute atomic E-state index is 10.7. The molecule has 1 saturated heterocycles. The first-order chi connectivity index (χ1) is 5.57. The van der Waals surface area contributed by atoms with Crippen LogP contribution < -0.4 is 0 Å². The molecule has 74 valence electrons. The van der Waals surface area contributed by atoms with Crippen LogP contribution in [0.1, 0.15) is 0 Å². The van der Waals surface area contributed by atoms with Gasteiger partial charge in [-0.05, 0) is 0 Å². The van der Waals surface area contributed by atoms with Gasteiger partial charge in [0.05, 0.1) is 6.61 Å². The van der Waals surface area contributed by atoms with Gasteiger partial charge >= 0.3 is 38.0 Å². The topological polar surface area (TPSA) is 101 Å². The van der Waals surface area contributed by atoms with E-state index in [-0.39, 0.29) is 26.2 Å². The molecule has 13 heavy (non-hydrogen) atoms. The Bertz CT molecular complexity index is 250. The van der Waals surface area contributed by atoms with Gasteiger partial charge in [0.15, 0.2) is 6.10 Å². The van der Waals surface area contributed by atoms with Crippen molar-refractivity contribution in [3.05, 3.63) is 0 Å². The van der Waals surface area contributed by atoms with Crippen LogP contribution in [0.5, 0.6) is 0 Å². The fourth-order valence-electron chi connectivity index (χ4n) is 0.801. The van der Waals surface area contributed by atoms with Gasteiger partial charge in [-0.2, -0.15) is 0 Å². The standard InChI is InChI=1S/C6H6O6.Bi.3H/c7-1-2(8)5-3(9)4(10)6(11)12-5;;;;/h2,5,7-8H,1H2;;;;/t2-,5+;;;;/m0..../s1. The fraction of sp³-hybridized carbons (Fsp3) is 0.500. The molecular formula is C6H9BiO6. The van der Waals surface area contributed by atoms with Crippen molar-refractivity contribution in [1.82, 2.24) is 0 Å². The van der Waals surface area contributed by atoms with Gasteiger partial charge in [0.25, 0.3) is 5.78 Å². The maximum atomic E-state index is 10.7. The molecule has 0 spiro atoms. The van der Waals surface area contributed by atoms with Crippen LogP contribution in [0.2, 0.25) is 0 Å². The molecular weight excluding hydrogens is 377 g/mol. The molecule has 1 aliphatic heterocycles. The zero-order chi connectivity index (χ0) is 9.30. The Balaban J connectivity index is 0.00000144. The molecule has 0 unspecified atom stereocenters. The van der Waals surface area contributed by atoms with E-state index in [2.05, 4.69) is 4.74 Å². The average molecular weight is 386 g/mol. The summed E-state index contributed by atoms with van der Waals surface area (Å²) < 4.78 is 4.19. The van der Waals surface area contributed by atoms with Crippen LogP contribution in [-0.2, 0) is 19.1 Å². The summed E-state index contributed by atoms with van der Waals surface area (Å²) in [7, 11) is 0. The van der Waals surface area contributed by atoms with E-state index in [0.717, 1.165) is 0 Å². The van der Waals surface area contributed by atoms with Gasteiger partial charge in [-0.3, -0.25) is 9.59 Å². The van der Waals surface area contributed by atoms with Crippen LogP contribution in [-0.4, -0.2) is 72.8 Å². The van der Waals surface area contributed by atoms with Crippen molar-refractivity contribution in [2.45, 2.75) is 12.2 Å². The third kappa shape index (κ3) is 2.30. The minimum atomic E-state index is -1.53. The molecule has 6 nitrogen and oxygen atoms in total. The second kappa shape index (κ2) is 4.74. The second-order valence-corrected chi connectivity index (χ2v) is 2.27. The third-order valence-electron chi connectivity index (χ3n) is 1.44. The van der Waals surface area contributed by atoms with E-state index in [1.165, 1.54) is 0 Å². The number of aliphatic hydroxyl groups is 2. The van der Waals surface area contributed by atoms with E-state index in [9.17, 15) is 14.4 Å². The van der Waals surface area contributed by atoms with Crippen molar-refractivity contribution in [3.63, 3.8) is 0 Å². The van der Waals surface area contributed by atoms with E-state index < -0.39 is 36.4 Å². The number of hydrogen-bond acceptors (Lipinski definition) is 6. The van der Waals surface area contributed by atoms with Gasteiger partial charge in [0.1, 0.15) is 6.10 Å². The number of esters is 1. The summed E-state index contributed by atoms with van der Waals surface area (Å²) in [4.78, 5) is 31.7. The number of ketones is 2. The van der Waals surface area contributed by atoms with Crippen LogP contribution in [0.15, 0.2) is 0 Å². The summed E-state index contributed by atoms with van der Waals surface area (Å²) in [5.41, 5.74) is 0. The zero-order valence-corrected chi connectivity index (χ0v) is 12.1. The fourth-order valence-corrected chi connectivity index (χ4v) is 0.801. The molecule has 7 heteroatoms. The summed E-state index contributed by atoms with van der Waals surface area (Å²) in [6.45, 7) is -0.739. The Labute approximate surface area is 92.0 Å². The number of Topliss-reactive ketones (excluding diaryl/α,β-unsaturated/α-hetero) is 2. The number of aliphatic hydroxyl groups excluding tert-OH is 2. The Hall–Kier alpha value is -0.387. The molecule has 0 aromatic carbocycles. The molecule has 2 N–H and O–H groups in total. The van der Waals surface area contributed by atoms with Crippen molar-refractivity contribution < 1.29 is 29.3 Å². The van der Waals surface area contributed by atoms with E-state index in [4.69, 9.17) is 10.2 Å².